The van der Waals surface area contributed by atoms with E-state index in [-0.39, 0.29) is 24.6 Å². The van der Waals surface area contributed by atoms with Crippen LogP contribution in [-0.4, -0.2) is 72.6 Å². The molecule has 3 aliphatic rings. The highest BCUT2D eigenvalue weighted by molar-refractivity contribution is 6.21. The van der Waals surface area contributed by atoms with Crippen LogP contribution in [0, 0.1) is 0 Å². The molecule has 3 aliphatic heterocycles. The average Bonchev–Trinajstić information content (AvgIpc) is 3.33. The molecule has 3 heterocycles. The quantitative estimate of drug-likeness (QED) is 0.761. The molecule has 9 nitrogen and oxygen atoms in total. The van der Waals surface area contributed by atoms with E-state index in [0.29, 0.717) is 29.9 Å². The highest BCUT2D eigenvalue weighted by Crippen LogP contribution is 2.33. The highest BCUT2D eigenvalue weighted by Gasteiger charge is 2.33. The Bertz CT molecular complexity index is 1080. The number of imide groups is 1. The van der Waals surface area contributed by atoms with Crippen LogP contribution in [0.1, 0.15) is 26.3 Å². The van der Waals surface area contributed by atoms with E-state index in [0.717, 1.165) is 41.6 Å². The van der Waals surface area contributed by atoms with Crippen molar-refractivity contribution in [3.8, 4) is 11.5 Å². The van der Waals surface area contributed by atoms with Gasteiger partial charge in [-0.2, -0.15) is 0 Å². The fraction of sp³-hybridized carbons (Fsp3) is 0.318. The molecule has 0 unspecified atom stereocenters. The fourth-order valence-electron chi connectivity index (χ4n) is 4.05. The van der Waals surface area contributed by atoms with Crippen molar-refractivity contribution in [2.24, 2.45) is 0 Å². The molecule has 2 aromatic rings. The topological polar surface area (TPSA) is 91.4 Å². The summed E-state index contributed by atoms with van der Waals surface area (Å²) in [5.74, 6) is 0.871. The van der Waals surface area contributed by atoms with Crippen LogP contribution in [0.3, 0.4) is 0 Å². The van der Waals surface area contributed by atoms with Gasteiger partial charge in [-0.25, -0.2) is 4.79 Å². The number of rotatable bonds is 3. The van der Waals surface area contributed by atoms with E-state index in [4.69, 9.17) is 9.47 Å². The van der Waals surface area contributed by atoms with Crippen molar-refractivity contribution in [1.29, 1.82) is 0 Å². The predicted octanol–water partition coefficient (Wildman–Crippen LogP) is 1.99. The molecule has 0 bridgehead atoms. The molecule has 0 radical (unpaired) electrons. The summed E-state index contributed by atoms with van der Waals surface area (Å²) in [4.78, 5) is 41.9. The van der Waals surface area contributed by atoms with Crippen LogP contribution in [-0.2, 0) is 6.54 Å². The average molecular weight is 422 g/mol. The van der Waals surface area contributed by atoms with Gasteiger partial charge in [0.15, 0.2) is 11.5 Å². The lowest BCUT2D eigenvalue weighted by molar-refractivity contribution is 0.0693. The van der Waals surface area contributed by atoms with Crippen molar-refractivity contribution >= 4 is 23.5 Å². The Labute approximate surface area is 179 Å². The Morgan fingerprint density at radius 1 is 0.935 bits per heavy atom. The molecule has 160 valence electrons. The Hall–Kier alpha value is -3.59. The third-order valence-electron chi connectivity index (χ3n) is 5.84. The number of piperazine rings is 1. The number of amides is 4. The van der Waals surface area contributed by atoms with Gasteiger partial charge in [-0.15, -0.1) is 0 Å². The van der Waals surface area contributed by atoms with Gasteiger partial charge in [0.2, 0.25) is 6.79 Å². The number of ether oxygens (including phenoxy) is 2. The van der Waals surface area contributed by atoms with Gasteiger partial charge in [0.05, 0.1) is 11.1 Å². The van der Waals surface area contributed by atoms with Crippen molar-refractivity contribution in [3.63, 3.8) is 0 Å². The summed E-state index contributed by atoms with van der Waals surface area (Å²) in [6.07, 6.45) is 0. The van der Waals surface area contributed by atoms with Gasteiger partial charge in [-0.05, 0) is 35.9 Å². The van der Waals surface area contributed by atoms with Crippen LogP contribution in [0.25, 0.3) is 0 Å². The number of nitrogens with one attached hydrogen (secondary N) is 1. The predicted molar refractivity (Wildman–Crippen MR) is 111 cm³/mol. The molecule has 4 amide bonds. The first-order valence-corrected chi connectivity index (χ1v) is 10.1. The second-order valence-electron chi connectivity index (χ2n) is 7.81. The van der Waals surface area contributed by atoms with Crippen LogP contribution in [0.2, 0.25) is 0 Å². The lowest BCUT2D eigenvalue weighted by Gasteiger charge is -2.34. The number of anilines is 1. The highest BCUT2D eigenvalue weighted by atomic mass is 16.7. The first kappa shape index (κ1) is 19.4. The van der Waals surface area contributed by atoms with E-state index in [1.54, 1.807) is 23.1 Å². The fourth-order valence-corrected chi connectivity index (χ4v) is 4.05. The minimum Gasteiger partial charge on any atom is -0.454 e. The summed E-state index contributed by atoms with van der Waals surface area (Å²) in [6, 6.07) is 10.5. The van der Waals surface area contributed by atoms with Crippen LogP contribution >= 0.6 is 0 Å². The molecule has 0 atom stereocenters. The molecule has 31 heavy (non-hydrogen) atoms. The van der Waals surface area contributed by atoms with Crippen molar-refractivity contribution < 1.29 is 23.9 Å². The van der Waals surface area contributed by atoms with Gasteiger partial charge in [-0.3, -0.25) is 19.4 Å². The number of nitrogens with zero attached hydrogens (tertiary/aromatic N) is 3. The molecular formula is C22H22N4O5. The maximum Gasteiger partial charge on any atom is 0.321 e. The molecule has 0 saturated carbocycles. The maximum atomic E-state index is 12.7. The molecular weight excluding hydrogens is 400 g/mol. The standard InChI is InChI=1S/C22H22N4O5/c1-24-20(27)16-4-3-15(11-17(16)21(24)28)23-22(29)26-8-6-25(7-9-26)12-14-2-5-18-19(10-14)31-13-30-18/h2-5,10-11H,6-9,12-13H2,1H3,(H,23,29). The molecule has 2 aromatic carbocycles. The minimum atomic E-state index is -0.353. The molecule has 1 N–H and O–H groups in total. The number of carbonyl (C=O) groups excluding carboxylic acids is 3. The Kier molecular flexibility index (Phi) is 4.74. The normalized spacial score (nSPS) is 17.8. The lowest BCUT2D eigenvalue weighted by Crippen LogP contribution is -2.49. The Morgan fingerprint density at radius 2 is 1.68 bits per heavy atom. The van der Waals surface area contributed by atoms with Crippen LogP contribution in [0.4, 0.5) is 10.5 Å². The molecule has 5 rings (SSSR count). The minimum absolute atomic E-state index is 0.215. The van der Waals surface area contributed by atoms with E-state index in [2.05, 4.69) is 10.2 Å². The number of urea groups is 1. The third-order valence-corrected chi connectivity index (χ3v) is 5.84. The van der Waals surface area contributed by atoms with Gasteiger partial charge in [0.1, 0.15) is 0 Å². The zero-order chi connectivity index (χ0) is 21.5. The zero-order valence-corrected chi connectivity index (χ0v) is 17.1. The van der Waals surface area contributed by atoms with Gasteiger partial charge in [0.25, 0.3) is 11.8 Å². The van der Waals surface area contributed by atoms with E-state index in [1.165, 1.54) is 7.05 Å². The second-order valence-corrected chi connectivity index (χ2v) is 7.81. The van der Waals surface area contributed by atoms with Gasteiger partial charge < -0.3 is 19.7 Å². The summed E-state index contributed by atoms with van der Waals surface area (Å²) in [5, 5.41) is 2.84. The Balaban J connectivity index is 1.16. The largest absolute Gasteiger partial charge is 0.454 e. The number of benzene rings is 2. The molecule has 1 fully saturated rings. The van der Waals surface area contributed by atoms with Crippen LogP contribution < -0.4 is 14.8 Å². The van der Waals surface area contributed by atoms with Crippen molar-refractivity contribution in [3.05, 3.63) is 53.1 Å². The van der Waals surface area contributed by atoms with Crippen molar-refractivity contribution in [2.45, 2.75) is 6.54 Å². The first-order valence-electron chi connectivity index (χ1n) is 10.1. The molecule has 0 aliphatic carbocycles. The van der Waals surface area contributed by atoms with Gasteiger partial charge >= 0.3 is 6.03 Å². The van der Waals surface area contributed by atoms with Gasteiger partial charge in [-0.1, -0.05) is 6.07 Å². The van der Waals surface area contributed by atoms with Gasteiger partial charge in [0, 0.05) is 45.5 Å². The summed E-state index contributed by atoms with van der Waals surface area (Å²) >= 11 is 0. The van der Waals surface area contributed by atoms with E-state index < -0.39 is 0 Å². The summed E-state index contributed by atoms with van der Waals surface area (Å²) in [5.41, 5.74) is 2.33. The van der Waals surface area contributed by atoms with Crippen LogP contribution in [0.15, 0.2) is 36.4 Å². The summed E-state index contributed by atoms with van der Waals surface area (Å²) in [6.45, 7) is 3.75. The van der Waals surface area contributed by atoms with Crippen molar-refractivity contribution in [1.82, 2.24) is 14.7 Å². The third kappa shape index (κ3) is 3.57. The monoisotopic (exact) mass is 422 g/mol. The lowest BCUT2D eigenvalue weighted by atomic mass is 10.1. The van der Waals surface area contributed by atoms with E-state index in [1.807, 2.05) is 18.2 Å². The maximum absolute atomic E-state index is 12.7. The molecule has 9 heteroatoms. The zero-order valence-electron chi connectivity index (χ0n) is 17.1. The summed E-state index contributed by atoms with van der Waals surface area (Å²) in [7, 11) is 1.45. The smallest absolute Gasteiger partial charge is 0.321 e. The Morgan fingerprint density at radius 3 is 2.48 bits per heavy atom. The molecule has 1 saturated heterocycles. The first-order chi connectivity index (χ1) is 15.0. The van der Waals surface area contributed by atoms with Crippen LogP contribution in [0.5, 0.6) is 11.5 Å². The van der Waals surface area contributed by atoms with E-state index in [9.17, 15) is 14.4 Å². The van der Waals surface area contributed by atoms with E-state index >= 15 is 0 Å². The second kappa shape index (κ2) is 7.59. The number of fused-ring (bicyclic) bond motifs is 2. The summed E-state index contributed by atoms with van der Waals surface area (Å²) < 4.78 is 10.8. The number of hydrogen-bond acceptors (Lipinski definition) is 6. The molecule has 0 spiro atoms. The SMILES string of the molecule is CN1C(=O)c2ccc(NC(=O)N3CCN(Cc4ccc5c(c4)OCO5)CC3)cc2C1=O. The molecule has 0 aromatic heterocycles. The van der Waals surface area contributed by atoms with Crippen molar-refractivity contribution in [2.75, 3.05) is 45.3 Å². The number of hydrogen-bond donors (Lipinski definition) is 1. The number of carbonyl (C=O) groups is 3.